The summed E-state index contributed by atoms with van der Waals surface area (Å²) in [5.41, 5.74) is 4.22. The lowest BCUT2D eigenvalue weighted by atomic mass is 9.84. The standard InChI is InChI=1S/C34H43N3O8/c1-5-8-10-15-28(27(6-2)32(39)37-44-21-23-13-11-9-12-14-23)31(38)35-22-36-33(40)30-17-16-29(45-30)24-18-25(34(41)42-4)20-26(19-24)43-7-3/h9,11-14,16-20,27-28H,5-8,10,15,21-22H2,1-4H3,(H,35,38)(H,36,40)(H,37,39)/t27-,28-/m1/s1. The Hall–Kier alpha value is -4.64. The number of hydrogen-bond donors (Lipinski definition) is 3. The normalized spacial score (nSPS) is 12.1. The summed E-state index contributed by atoms with van der Waals surface area (Å²) in [7, 11) is 1.29. The molecule has 0 radical (unpaired) electrons. The first-order valence-electron chi connectivity index (χ1n) is 15.3. The summed E-state index contributed by atoms with van der Waals surface area (Å²) in [5.74, 6) is -2.17. The molecule has 2 aromatic carbocycles. The zero-order chi connectivity index (χ0) is 32.6. The van der Waals surface area contributed by atoms with Gasteiger partial charge in [-0.1, -0.05) is 63.4 Å². The van der Waals surface area contributed by atoms with Crippen LogP contribution in [0.1, 0.15) is 79.4 Å². The highest BCUT2D eigenvalue weighted by Crippen LogP contribution is 2.28. The predicted molar refractivity (Wildman–Crippen MR) is 168 cm³/mol. The molecule has 242 valence electrons. The Bertz CT molecular complexity index is 1410. The number of furan rings is 1. The number of amides is 3. The fourth-order valence-electron chi connectivity index (χ4n) is 4.89. The molecule has 0 saturated carbocycles. The Morgan fingerprint density at radius 2 is 1.64 bits per heavy atom. The van der Waals surface area contributed by atoms with Crippen LogP contribution in [0.4, 0.5) is 0 Å². The fourth-order valence-corrected chi connectivity index (χ4v) is 4.89. The maximum absolute atomic E-state index is 13.3. The van der Waals surface area contributed by atoms with Gasteiger partial charge in [-0.25, -0.2) is 10.3 Å². The topological polar surface area (TPSA) is 145 Å². The number of rotatable bonds is 18. The summed E-state index contributed by atoms with van der Waals surface area (Å²) in [4.78, 5) is 56.7. The summed E-state index contributed by atoms with van der Waals surface area (Å²) < 4.78 is 16.1. The highest BCUT2D eigenvalue weighted by molar-refractivity contribution is 5.93. The van der Waals surface area contributed by atoms with E-state index in [1.165, 1.54) is 13.2 Å². The molecule has 0 fully saturated rings. The van der Waals surface area contributed by atoms with Crippen molar-refractivity contribution in [3.63, 3.8) is 0 Å². The van der Waals surface area contributed by atoms with Gasteiger partial charge >= 0.3 is 5.97 Å². The molecule has 3 N–H and O–H groups in total. The number of esters is 1. The van der Waals surface area contributed by atoms with Gasteiger partial charge in [-0.3, -0.25) is 19.2 Å². The van der Waals surface area contributed by atoms with Crippen molar-refractivity contribution in [2.45, 2.75) is 59.5 Å². The third-order valence-corrected chi connectivity index (χ3v) is 7.24. The molecule has 3 aromatic rings. The van der Waals surface area contributed by atoms with Crippen molar-refractivity contribution in [1.29, 1.82) is 0 Å². The van der Waals surface area contributed by atoms with Crippen LogP contribution >= 0.6 is 0 Å². The number of benzene rings is 2. The van der Waals surface area contributed by atoms with Gasteiger partial charge in [0.05, 0.1) is 38.5 Å². The van der Waals surface area contributed by atoms with Crippen LogP contribution in [-0.4, -0.2) is 44.1 Å². The first-order valence-corrected chi connectivity index (χ1v) is 15.3. The number of hydrogen-bond acceptors (Lipinski definition) is 8. The zero-order valence-electron chi connectivity index (χ0n) is 26.4. The number of carbonyl (C=O) groups excluding carboxylic acids is 4. The van der Waals surface area contributed by atoms with Crippen molar-refractivity contribution in [3.8, 4) is 17.1 Å². The molecule has 45 heavy (non-hydrogen) atoms. The lowest BCUT2D eigenvalue weighted by molar-refractivity contribution is -0.144. The number of nitrogens with one attached hydrogen (secondary N) is 3. The number of carbonyl (C=O) groups is 4. The van der Waals surface area contributed by atoms with Gasteiger partial charge in [0.25, 0.3) is 5.91 Å². The van der Waals surface area contributed by atoms with E-state index < -0.39 is 23.7 Å². The van der Waals surface area contributed by atoms with Gasteiger partial charge in [-0.15, -0.1) is 0 Å². The summed E-state index contributed by atoms with van der Waals surface area (Å²) >= 11 is 0. The van der Waals surface area contributed by atoms with E-state index in [0.29, 0.717) is 36.5 Å². The average molecular weight is 622 g/mol. The van der Waals surface area contributed by atoms with Crippen LogP contribution in [0.2, 0.25) is 0 Å². The third-order valence-electron chi connectivity index (χ3n) is 7.24. The number of methoxy groups -OCH3 is 1. The monoisotopic (exact) mass is 621 g/mol. The van der Waals surface area contributed by atoms with Gasteiger partial charge in [0, 0.05) is 11.5 Å². The largest absolute Gasteiger partial charge is 0.494 e. The molecule has 11 heteroatoms. The van der Waals surface area contributed by atoms with E-state index in [9.17, 15) is 19.2 Å². The van der Waals surface area contributed by atoms with Gasteiger partial charge in [-0.05, 0) is 55.7 Å². The molecular weight excluding hydrogens is 578 g/mol. The van der Waals surface area contributed by atoms with E-state index in [2.05, 4.69) is 23.0 Å². The molecule has 0 bridgehead atoms. The molecule has 3 rings (SSSR count). The van der Waals surface area contributed by atoms with E-state index in [1.54, 1.807) is 24.3 Å². The lowest BCUT2D eigenvalue weighted by Crippen LogP contribution is -2.45. The van der Waals surface area contributed by atoms with Crippen molar-refractivity contribution < 1.29 is 37.9 Å². The third kappa shape index (κ3) is 10.5. The van der Waals surface area contributed by atoms with Gasteiger partial charge in [0.1, 0.15) is 11.5 Å². The molecule has 2 atom stereocenters. The van der Waals surface area contributed by atoms with Crippen LogP contribution in [0, 0.1) is 11.8 Å². The minimum absolute atomic E-state index is 0.0153. The van der Waals surface area contributed by atoms with Crippen LogP contribution in [0.25, 0.3) is 11.3 Å². The van der Waals surface area contributed by atoms with Crippen LogP contribution in [-0.2, 0) is 25.8 Å². The Morgan fingerprint density at radius 1 is 0.867 bits per heavy atom. The van der Waals surface area contributed by atoms with E-state index in [4.69, 9.17) is 18.7 Å². The van der Waals surface area contributed by atoms with Crippen molar-refractivity contribution in [3.05, 3.63) is 77.6 Å². The number of ether oxygens (including phenoxy) is 2. The minimum Gasteiger partial charge on any atom is -0.494 e. The molecule has 1 aromatic heterocycles. The summed E-state index contributed by atoms with van der Waals surface area (Å²) in [6.07, 6.45) is 3.65. The zero-order valence-corrected chi connectivity index (χ0v) is 26.4. The molecule has 0 spiro atoms. The van der Waals surface area contributed by atoms with Crippen molar-refractivity contribution in [2.75, 3.05) is 20.4 Å². The second kappa shape index (κ2) is 18.2. The molecule has 0 aliphatic heterocycles. The van der Waals surface area contributed by atoms with E-state index >= 15 is 0 Å². The lowest BCUT2D eigenvalue weighted by Gasteiger charge is -2.24. The van der Waals surface area contributed by atoms with E-state index in [-0.39, 0.29) is 36.4 Å². The van der Waals surface area contributed by atoms with Gasteiger partial charge in [0.15, 0.2) is 5.76 Å². The average Bonchev–Trinajstić information content (AvgIpc) is 3.55. The highest BCUT2D eigenvalue weighted by Gasteiger charge is 2.32. The Morgan fingerprint density at radius 3 is 2.33 bits per heavy atom. The molecule has 0 aliphatic carbocycles. The van der Waals surface area contributed by atoms with E-state index in [1.807, 2.05) is 44.2 Å². The molecule has 11 nitrogen and oxygen atoms in total. The van der Waals surface area contributed by atoms with Crippen LogP contribution in [0.15, 0.2) is 65.1 Å². The second-order valence-corrected chi connectivity index (χ2v) is 10.4. The molecule has 3 amide bonds. The summed E-state index contributed by atoms with van der Waals surface area (Å²) in [6.45, 7) is 6.20. The number of hydroxylamine groups is 1. The van der Waals surface area contributed by atoms with Crippen molar-refractivity contribution in [1.82, 2.24) is 16.1 Å². The maximum atomic E-state index is 13.3. The Kier molecular flexibility index (Phi) is 14.1. The van der Waals surface area contributed by atoms with Gasteiger partial charge in [0.2, 0.25) is 11.8 Å². The quantitative estimate of drug-likeness (QED) is 0.0741. The molecular formula is C34H43N3O8. The summed E-state index contributed by atoms with van der Waals surface area (Å²) in [5, 5.41) is 5.38. The first-order chi connectivity index (χ1) is 21.8. The van der Waals surface area contributed by atoms with Crippen LogP contribution in [0.5, 0.6) is 5.75 Å². The van der Waals surface area contributed by atoms with Crippen molar-refractivity contribution in [2.24, 2.45) is 11.8 Å². The molecule has 0 unspecified atom stereocenters. The first kappa shape index (κ1) is 34.8. The second-order valence-electron chi connectivity index (χ2n) is 10.4. The minimum atomic E-state index is -0.608. The highest BCUT2D eigenvalue weighted by atomic mass is 16.6. The maximum Gasteiger partial charge on any atom is 0.338 e. The SMILES string of the molecule is CCCCC[C@@H](C(=O)NCNC(=O)c1ccc(-c2cc(OCC)cc(C(=O)OC)c2)o1)[C@@H](CC)C(=O)NOCc1ccccc1. The summed E-state index contributed by atoms with van der Waals surface area (Å²) in [6, 6.07) is 17.4. The number of unbranched alkanes of at least 4 members (excludes halogenated alkanes) is 2. The molecule has 0 aliphatic rings. The van der Waals surface area contributed by atoms with Gasteiger partial charge < -0.3 is 24.5 Å². The van der Waals surface area contributed by atoms with Gasteiger partial charge in [-0.2, -0.15) is 0 Å². The van der Waals surface area contributed by atoms with Crippen LogP contribution < -0.4 is 20.9 Å². The van der Waals surface area contributed by atoms with Crippen molar-refractivity contribution >= 4 is 23.7 Å². The fraction of sp³-hybridized carbons (Fsp3) is 0.412. The smallest absolute Gasteiger partial charge is 0.338 e. The predicted octanol–water partition coefficient (Wildman–Crippen LogP) is 5.41. The molecule has 0 saturated heterocycles. The van der Waals surface area contributed by atoms with E-state index in [0.717, 1.165) is 24.8 Å². The molecule has 1 heterocycles. The van der Waals surface area contributed by atoms with Crippen LogP contribution in [0.3, 0.4) is 0 Å². The Labute approximate surface area is 263 Å². The Balaban J connectivity index is 1.61.